The summed E-state index contributed by atoms with van der Waals surface area (Å²) in [6, 6.07) is 3.52. The van der Waals surface area contributed by atoms with Crippen LogP contribution in [0, 0.1) is 11.8 Å². The molecule has 0 aromatic heterocycles. The second-order valence-corrected chi connectivity index (χ2v) is 10.3. The molecule has 1 aliphatic carbocycles. The molecular formula is C14H28O2Si. The molecule has 0 aromatic carbocycles. The van der Waals surface area contributed by atoms with Crippen LogP contribution in [0.4, 0.5) is 0 Å². The Labute approximate surface area is 107 Å². The van der Waals surface area contributed by atoms with Crippen LogP contribution >= 0.6 is 0 Å². The van der Waals surface area contributed by atoms with Gasteiger partial charge in [0.1, 0.15) is 5.78 Å². The van der Waals surface area contributed by atoms with Gasteiger partial charge in [0.2, 0.25) is 0 Å². The zero-order valence-corrected chi connectivity index (χ0v) is 13.1. The average Bonchev–Trinajstić information content (AvgIpc) is 2.36. The Morgan fingerprint density at radius 3 is 2.12 bits per heavy atom. The molecule has 3 heteroatoms. The molecule has 17 heavy (non-hydrogen) atoms. The minimum atomic E-state index is -1.55. The average molecular weight is 256 g/mol. The third-order valence-corrected chi connectivity index (χ3v) is 9.38. The van der Waals surface area contributed by atoms with E-state index in [0.717, 1.165) is 12.8 Å². The topological polar surface area (TPSA) is 26.3 Å². The van der Waals surface area contributed by atoms with Gasteiger partial charge in [0.15, 0.2) is 8.32 Å². The van der Waals surface area contributed by atoms with E-state index in [0.29, 0.717) is 5.78 Å². The first-order valence-corrected chi connectivity index (χ1v) is 9.74. The van der Waals surface area contributed by atoms with Gasteiger partial charge >= 0.3 is 0 Å². The minimum Gasteiger partial charge on any atom is -0.413 e. The third-order valence-electron chi connectivity index (χ3n) is 4.71. The fourth-order valence-electron chi connectivity index (χ4n) is 2.92. The van der Waals surface area contributed by atoms with Gasteiger partial charge in [0.25, 0.3) is 0 Å². The van der Waals surface area contributed by atoms with Gasteiger partial charge < -0.3 is 4.43 Å². The van der Waals surface area contributed by atoms with Crippen molar-refractivity contribution >= 4 is 14.1 Å². The SMILES string of the molecule is CC[Si](CC)(CC)OC1CC[C@@H](C)C(=O)[C@H]1C. The number of rotatable bonds is 5. The van der Waals surface area contributed by atoms with Gasteiger partial charge in [-0.05, 0) is 31.0 Å². The standard InChI is InChI=1S/C14H28O2Si/c1-6-17(7-2,8-3)16-13-10-9-11(4)14(15)12(13)5/h11-13H,6-10H2,1-5H3/t11-,12+,13?/m1/s1. The molecule has 0 amide bonds. The monoisotopic (exact) mass is 256 g/mol. The summed E-state index contributed by atoms with van der Waals surface area (Å²) in [5.74, 6) is 0.758. The fourth-order valence-corrected chi connectivity index (χ4v) is 5.88. The van der Waals surface area contributed by atoms with E-state index in [1.807, 2.05) is 0 Å². The van der Waals surface area contributed by atoms with E-state index in [-0.39, 0.29) is 17.9 Å². The van der Waals surface area contributed by atoms with E-state index in [4.69, 9.17) is 4.43 Å². The van der Waals surface area contributed by atoms with E-state index < -0.39 is 8.32 Å². The van der Waals surface area contributed by atoms with Crippen molar-refractivity contribution in [3.05, 3.63) is 0 Å². The van der Waals surface area contributed by atoms with Crippen molar-refractivity contribution in [2.24, 2.45) is 11.8 Å². The van der Waals surface area contributed by atoms with Crippen molar-refractivity contribution in [1.82, 2.24) is 0 Å². The summed E-state index contributed by atoms with van der Waals surface area (Å²) in [6.07, 6.45) is 2.28. The van der Waals surface area contributed by atoms with Gasteiger partial charge in [-0.25, -0.2) is 0 Å². The fraction of sp³-hybridized carbons (Fsp3) is 0.929. The number of ketones is 1. The Bertz CT molecular complexity index is 253. The van der Waals surface area contributed by atoms with Crippen LogP contribution in [0.15, 0.2) is 0 Å². The molecule has 0 N–H and O–H groups in total. The van der Waals surface area contributed by atoms with Crippen molar-refractivity contribution in [1.29, 1.82) is 0 Å². The first-order chi connectivity index (χ1) is 7.99. The van der Waals surface area contributed by atoms with E-state index in [1.54, 1.807) is 0 Å². The molecule has 1 saturated carbocycles. The molecule has 0 bridgehead atoms. The second kappa shape index (κ2) is 6.14. The quantitative estimate of drug-likeness (QED) is 0.695. The Morgan fingerprint density at radius 1 is 1.12 bits per heavy atom. The van der Waals surface area contributed by atoms with Crippen molar-refractivity contribution in [2.45, 2.75) is 71.7 Å². The first-order valence-electron chi connectivity index (χ1n) is 7.21. The molecule has 1 fully saturated rings. The molecule has 0 aliphatic heterocycles. The van der Waals surface area contributed by atoms with Crippen molar-refractivity contribution in [3.8, 4) is 0 Å². The van der Waals surface area contributed by atoms with Crippen molar-refractivity contribution in [2.75, 3.05) is 0 Å². The maximum absolute atomic E-state index is 12.0. The third kappa shape index (κ3) is 3.19. The minimum absolute atomic E-state index is 0.107. The van der Waals surface area contributed by atoms with Crippen LogP contribution in [-0.4, -0.2) is 20.2 Å². The molecule has 3 atom stereocenters. The number of carbonyl (C=O) groups is 1. The molecule has 0 aromatic rings. The maximum Gasteiger partial charge on any atom is 0.192 e. The number of hydrogen-bond acceptors (Lipinski definition) is 2. The molecule has 0 heterocycles. The Morgan fingerprint density at radius 2 is 1.65 bits per heavy atom. The highest BCUT2D eigenvalue weighted by atomic mass is 28.4. The molecule has 0 spiro atoms. The number of hydrogen-bond donors (Lipinski definition) is 0. The van der Waals surface area contributed by atoms with Crippen LogP contribution in [0.5, 0.6) is 0 Å². The smallest absolute Gasteiger partial charge is 0.192 e. The normalized spacial score (nSPS) is 30.6. The van der Waals surface area contributed by atoms with Crippen molar-refractivity contribution in [3.63, 3.8) is 0 Å². The summed E-state index contributed by atoms with van der Waals surface area (Å²) in [7, 11) is -1.55. The molecule has 1 rings (SSSR count). The number of Topliss-reactive ketones (excluding diaryl/α,β-unsaturated/α-hetero) is 1. The number of carbonyl (C=O) groups excluding carboxylic acids is 1. The van der Waals surface area contributed by atoms with E-state index >= 15 is 0 Å². The second-order valence-electron chi connectivity index (χ2n) is 5.57. The first kappa shape index (κ1) is 14.9. The summed E-state index contributed by atoms with van der Waals surface area (Å²) in [6.45, 7) is 10.9. The van der Waals surface area contributed by atoms with E-state index in [9.17, 15) is 4.79 Å². The van der Waals surface area contributed by atoms with Gasteiger partial charge in [-0.3, -0.25) is 4.79 Å². The Kier molecular flexibility index (Phi) is 5.39. The summed E-state index contributed by atoms with van der Waals surface area (Å²) in [4.78, 5) is 12.0. The maximum atomic E-state index is 12.0. The zero-order chi connectivity index (χ0) is 13.1. The van der Waals surface area contributed by atoms with Crippen LogP contribution in [0.25, 0.3) is 0 Å². The lowest BCUT2D eigenvalue weighted by Crippen LogP contribution is -2.46. The van der Waals surface area contributed by atoms with Crippen LogP contribution in [0.1, 0.15) is 47.5 Å². The summed E-state index contributed by atoms with van der Waals surface area (Å²) < 4.78 is 6.48. The highest BCUT2D eigenvalue weighted by molar-refractivity contribution is 6.73. The largest absolute Gasteiger partial charge is 0.413 e. The van der Waals surface area contributed by atoms with E-state index in [1.165, 1.54) is 18.1 Å². The summed E-state index contributed by atoms with van der Waals surface area (Å²) >= 11 is 0. The van der Waals surface area contributed by atoms with Gasteiger partial charge in [-0.2, -0.15) is 0 Å². The lowest BCUT2D eigenvalue weighted by Gasteiger charge is -2.39. The molecule has 1 aliphatic rings. The van der Waals surface area contributed by atoms with E-state index in [2.05, 4.69) is 34.6 Å². The molecule has 100 valence electrons. The highest BCUT2D eigenvalue weighted by Gasteiger charge is 2.39. The molecular weight excluding hydrogens is 228 g/mol. The molecule has 1 unspecified atom stereocenters. The van der Waals surface area contributed by atoms with Crippen molar-refractivity contribution < 1.29 is 9.22 Å². The Balaban J connectivity index is 2.70. The van der Waals surface area contributed by atoms with Gasteiger partial charge in [-0.1, -0.05) is 34.6 Å². The predicted molar refractivity (Wildman–Crippen MR) is 74.6 cm³/mol. The lowest BCUT2D eigenvalue weighted by atomic mass is 9.80. The zero-order valence-electron chi connectivity index (χ0n) is 12.1. The van der Waals surface area contributed by atoms with Crippen LogP contribution in [0.3, 0.4) is 0 Å². The highest BCUT2D eigenvalue weighted by Crippen LogP contribution is 2.33. The molecule has 2 nitrogen and oxygen atoms in total. The van der Waals surface area contributed by atoms with Gasteiger partial charge in [0.05, 0.1) is 6.10 Å². The molecule has 0 radical (unpaired) electrons. The Hall–Kier alpha value is -0.153. The van der Waals surface area contributed by atoms with Gasteiger partial charge in [0, 0.05) is 11.8 Å². The van der Waals surface area contributed by atoms with Crippen LogP contribution in [0.2, 0.25) is 18.1 Å². The van der Waals surface area contributed by atoms with Gasteiger partial charge in [-0.15, -0.1) is 0 Å². The lowest BCUT2D eigenvalue weighted by molar-refractivity contribution is -0.132. The predicted octanol–water partition coefficient (Wildman–Crippen LogP) is 4.01. The summed E-state index contributed by atoms with van der Waals surface area (Å²) in [5.41, 5.74) is 0. The summed E-state index contributed by atoms with van der Waals surface area (Å²) in [5, 5.41) is 0. The van der Waals surface area contributed by atoms with Crippen LogP contribution in [-0.2, 0) is 9.22 Å². The van der Waals surface area contributed by atoms with Crippen LogP contribution < -0.4 is 0 Å². The molecule has 0 saturated heterocycles.